The van der Waals surface area contributed by atoms with Gasteiger partial charge in [0.2, 0.25) is 0 Å². The standard InChI is InChI=1S/C13H24N2/c1-4-10-15-13(11-14)7-5-6-12(2,3)8-9-13/h1,15H,5-11,14H2,2-3H3. The molecule has 1 aliphatic rings. The molecule has 0 spiro atoms. The number of hydrogen-bond acceptors (Lipinski definition) is 2. The Hall–Kier alpha value is -0.520. The van der Waals surface area contributed by atoms with Gasteiger partial charge in [0.05, 0.1) is 6.54 Å². The second-order valence-electron chi connectivity index (χ2n) is 5.56. The zero-order chi connectivity index (χ0) is 11.4. The van der Waals surface area contributed by atoms with Crippen LogP contribution >= 0.6 is 0 Å². The molecule has 1 atom stereocenters. The zero-order valence-electron chi connectivity index (χ0n) is 10.1. The van der Waals surface area contributed by atoms with Crippen molar-refractivity contribution in [3.8, 4) is 12.3 Å². The van der Waals surface area contributed by atoms with Crippen molar-refractivity contribution in [2.75, 3.05) is 13.1 Å². The highest BCUT2D eigenvalue weighted by molar-refractivity contribution is 4.98. The van der Waals surface area contributed by atoms with Crippen molar-refractivity contribution in [3.63, 3.8) is 0 Å². The molecule has 1 rings (SSSR count). The summed E-state index contributed by atoms with van der Waals surface area (Å²) in [4.78, 5) is 0. The van der Waals surface area contributed by atoms with Crippen molar-refractivity contribution in [1.82, 2.24) is 5.32 Å². The molecule has 0 aromatic heterocycles. The lowest BCUT2D eigenvalue weighted by Crippen LogP contribution is -2.51. The maximum atomic E-state index is 5.91. The van der Waals surface area contributed by atoms with Crippen LogP contribution in [0.1, 0.15) is 46.0 Å². The maximum Gasteiger partial charge on any atom is 0.0578 e. The van der Waals surface area contributed by atoms with Crippen molar-refractivity contribution < 1.29 is 0 Å². The summed E-state index contributed by atoms with van der Waals surface area (Å²) in [5, 5.41) is 3.45. The van der Waals surface area contributed by atoms with Crippen LogP contribution in [0.15, 0.2) is 0 Å². The van der Waals surface area contributed by atoms with E-state index in [0.717, 1.165) is 12.8 Å². The van der Waals surface area contributed by atoms with Crippen molar-refractivity contribution in [2.24, 2.45) is 11.1 Å². The highest BCUT2D eigenvalue weighted by Gasteiger charge is 2.33. The molecular weight excluding hydrogens is 184 g/mol. The minimum Gasteiger partial charge on any atom is -0.329 e. The maximum absolute atomic E-state index is 5.91. The van der Waals surface area contributed by atoms with Crippen molar-refractivity contribution in [3.05, 3.63) is 0 Å². The normalized spacial score (nSPS) is 30.5. The quantitative estimate of drug-likeness (QED) is 0.549. The Balaban J connectivity index is 2.62. The molecule has 0 amide bonds. The molecule has 0 radical (unpaired) electrons. The molecule has 1 fully saturated rings. The molecule has 86 valence electrons. The molecule has 0 saturated heterocycles. The average Bonchev–Trinajstić information content (AvgIpc) is 2.35. The highest BCUT2D eigenvalue weighted by Crippen LogP contribution is 2.37. The minimum atomic E-state index is 0.0974. The number of nitrogens with two attached hydrogens (primary N) is 1. The van der Waals surface area contributed by atoms with E-state index in [1.54, 1.807) is 0 Å². The second-order valence-corrected chi connectivity index (χ2v) is 5.56. The fraction of sp³-hybridized carbons (Fsp3) is 0.846. The summed E-state index contributed by atoms with van der Waals surface area (Å²) in [6, 6.07) is 0. The van der Waals surface area contributed by atoms with Crippen LogP contribution in [0.3, 0.4) is 0 Å². The summed E-state index contributed by atoms with van der Waals surface area (Å²) in [5.41, 5.74) is 6.47. The predicted molar refractivity (Wildman–Crippen MR) is 65.5 cm³/mol. The lowest BCUT2D eigenvalue weighted by molar-refractivity contribution is 0.274. The molecule has 0 aromatic carbocycles. The van der Waals surface area contributed by atoms with Gasteiger partial charge in [0.25, 0.3) is 0 Å². The van der Waals surface area contributed by atoms with E-state index < -0.39 is 0 Å². The van der Waals surface area contributed by atoms with E-state index in [2.05, 4.69) is 25.1 Å². The summed E-state index contributed by atoms with van der Waals surface area (Å²) in [6.45, 7) is 6.03. The van der Waals surface area contributed by atoms with Gasteiger partial charge in [-0.15, -0.1) is 6.42 Å². The van der Waals surface area contributed by atoms with Gasteiger partial charge in [0.15, 0.2) is 0 Å². The van der Waals surface area contributed by atoms with E-state index in [1.807, 2.05) is 0 Å². The van der Waals surface area contributed by atoms with Crippen molar-refractivity contribution >= 4 is 0 Å². The average molecular weight is 208 g/mol. The Morgan fingerprint density at radius 3 is 2.60 bits per heavy atom. The largest absolute Gasteiger partial charge is 0.329 e. The third-order valence-electron chi connectivity index (χ3n) is 3.75. The lowest BCUT2D eigenvalue weighted by Gasteiger charge is -2.32. The summed E-state index contributed by atoms with van der Waals surface area (Å²) < 4.78 is 0. The Morgan fingerprint density at radius 1 is 1.27 bits per heavy atom. The number of rotatable bonds is 3. The molecule has 1 unspecified atom stereocenters. The fourth-order valence-electron chi connectivity index (χ4n) is 2.42. The Bertz CT molecular complexity index is 239. The highest BCUT2D eigenvalue weighted by atomic mass is 15.0. The first-order valence-electron chi connectivity index (χ1n) is 5.92. The molecule has 0 heterocycles. The first-order chi connectivity index (χ1) is 7.04. The van der Waals surface area contributed by atoms with Crippen LogP contribution in [0.5, 0.6) is 0 Å². The Morgan fingerprint density at radius 2 is 2.00 bits per heavy atom. The monoisotopic (exact) mass is 208 g/mol. The molecule has 15 heavy (non-hydrogen) atoms. The Labute approximate surface area is 94.0 Å². The van der Waals surface area contributed by atoms with Crippen molar-refractivity contribution in [2.45, 2.75) is 51.5 Å². The summed E-state index contributed by atoms with van der Waals surface area (Å²) in [7, 11) is 0. The zero-order valence-corrected chi connectivity index (χ0v) is 10.1. The SMILES string of the molecule is C#CCNC1(CN)CCCC(C)(C)CC1. The van der Waals surface area contributed by atoms with Crippen LogP contribution in [-0.2, 0) is 0 Å². The van der Waals surface area contributed by atoms with Gasteiger partial charge in [-0.3, -0.25) is 5.32 Å². The molecule has 1 saturated carbocycles. The third kappa shape index (κ3) is 3.52. The molecule has 0 bridgehead atoms. The van der Waals surface area contributed by atoms with Crippen LogP contribution in [0, 0.1) is 17.8 Å². The number of hydrogen-bond donors (Lipinski definition) is 2. The van der Waals surface area contributed by atoms with Crippen LogP contribution < -0.4 is 11.1 Å². The molecule has 0 aliphatic heterocycles. The smallest absolute Gasteiger partial charge is 0.0578 e. The van der Waals surface area contributed by atoms with Crippen LogP contribution in [0.4, 0.5) is 0 Å². The van der Waals surface area contributed by atoms with Crippen molar-refractivity contribution in [1.29, 1.82) is 0 Å². The lowest BCUT2D eigenvalue weighted by atomic mass is 9.83. The molecule has 2 heteroatoms. The second kappa shape index (κ2) is 5.01. The van der Waals surface area contributed by atoms with Gasteiger partial charge in [-0.25, -0.2) is 0 Å². The van der Waals surface area contributed by atoms with Gasteiger partial charge in [0.1, 0.15) is 0 Å². The van der Waals surface area contributed by atoms with Gasteiger partial charge in [-0.1, -0.05) is 26.2 Å². The predicted octanol–water partition coefficient (Wildman–Crippen LogP) is 1.90. The van der Waals surface area contributed by atoms with Crippen LogP contribution in [-0.4, -0.2) is 18.6 Å². The first-order valence-corrected chi connectivity index (χ1v) is 5.92. The van der Waals surface area contributed by atoms with E-state index in [-0.39, 0.29) is 5.54 Å². The van der Waals surface area contributed by atoms with Crippen LogP contribution in [0.25, 0.3) is 0 Å². The van der Waals surface area contributed by atoms with E-state index in [4.69, 9.17) is 12.2 Å². The molecular formula is C13H24N2. The first kappa shape index (κ1) is 12.5. The van der Waals surface area contributed by atoms with Gasteiger partial charge < -0.3 is 5.73 Å². The molecule has 1 aliphatic carbocycles. The van der Waals surface area contributed by atoms with Crippen LogP contribution in [0.2, 0.25) is 0 Å². The summed E-state index contributed by atoms with van der Waals surface area (Å²) >= 11 is 0. The van der Waals surface area contributed by atoms with E-state index in [9.17, 15) is 0 Å². The van der Waals surface area contributed by atoms with E-state index in [0.29, 0.717) is 18.5 Å². The van der Waals surface area contributed by atoms with Gasteiger partial charge in [-0.05, 0) is 31.1 Å². The molecule has 0 aromatic rings. The van der Waals surface area contributed by atoms with E-state index >= 15 is 0 Å². The van der Waals surface area contributed by atoms with E-state index in [1.165, 1.54) is 19.3 Å². The van der Waals surface area contributed by atoms with Gasteiger partial charge in [-0.2, -0.15) is 0 Å². The molecule has 3 N–H and O–H groups in total. The van der Waals surface area contributed by atoms with Gasteiger partial charge >= 0.3 is 0 Å². The number of terminal acetylenes is 1. The van der Waals surface area contributed by atoms with Gasteiger partial charge in [0, 0.05) is 12.1 Å². The molecule has 2 nitrogen and oxygen atoms in total. The topological polar surface area (TPSA) is 38.0 Å². The fourth-order valence-corrected chi connectivity index (χ4v) is 2.42. The third-order valence-corrected chi connectivity index (χ3v) is 3.75. The Kier molecular flexibility index (Phi) is 4.19. The summed E-state index contributed by atoms with van der Waals surface area (Å²) in [5.74, 6) is 2.65. The summed E-state index contributed by atoms with van der Waals surface area (Å²) in [6.07, 6.45) is 11.4. The number of nitrogens with one attached hydrogen (secondary N) is 1. The minimum absolute atomic E-state index is 0.0974.